The summed E-state index contributed by atoms with van der Waals surface area (Å²) in [7, 11) is -3.31. The molecular weight excluding hydrogens is 320 g/mol. The minimum absolute atomic E-state index is 0.00603. The topological polar surface area (TPSA) is 49.4 Å². The van der Waals surface area contributed by atoms with Gasteiger partial charge in [-0.05, 0) is 56.5 Å². The minimum atomic E-state index is -3.31. The van der Waals surface area contributed by atoms with Gasteiger partial charge >= 0.3 is 0 Å². The van der Waals surface area contributed by atoms with Crippen LogP contribution in [0.25, 0.3) is 0 Å². The molecule has 1 unspecified atom stereocenters. The van der Waals surface area contributed by atoms with Gasteiger partial charge in [-0.25, -0.2) is 13.1 Å². The van der Waals surface area contributed by atoms with Gasteiger partial charge in [0.15, 0.2) is 0 Å². The summed E-state index contributed by atoms with van der Waals surface area (Å²) in [6.45, 7) is 6.93. The van der Waals surface area contributed by atoms with Crippen LogP contribution in [0.1, 0.15) is 32.3 Å². The molecule has 1 atom stereocenters. The highest BCUT2D eigenvalue weighted by molar-refractivity contribution is 7.88. The predicted molar refractivity (Wildman–Crippen MR) is 91.5 cm³/mol. The molecule has 0 saturated carbocycles. The van der Waals surface area contributed by atoms with Gasteiger partial charge in [0.2, 0.25) is 10.0 Å². The molecule has 1 aliphatic heterocycles. The van der Waals surface area contributed by atoms with Crippen LogP contribution in [-0.4, -0.2) is 39.0 Å². The van der Waals surface area contributed by atoms with E-state index in [0.29, 0.717) is 11.6 Å². The van der Waals surface area contributed by atoms with Crippen molar-refractivity contribution in [2.24, 2.45) is 5.92 Å². The molecular formula is C16H25ClN2O2S. The second kappa shape index (κ2) is 7.77. The smallest absolute Gasteiger partial charge is 0.215 e. The van der Waals surface area contributed by atoms with Crippen LogP contribution in [0.5, 0.6) is 0 Å². The molecule has 4 nitrogen and oxygen atoms in total. The molecule has 0 radical (unpaired) electrons. The van der Waals surface area contributed by atoms with E-state index in [1.165, 1.54) is 12.8 Å². The largest absolute Gasteiger partial charge is 0.299 e. The summed E-state index contributed by atoms with van der Waals surface area (Å²) in [5.74, 6) is 0.776. The summed E-state index contributed by atoms with van der Waals surface area (Å²) in [5.41, 5.74) is 0.747. The highest BCUT2D eigenvalue weighted by Gasteiger charge is 2.21. The van der Waals surface area contributed by atoms with E-state index in [1.807, 2.05) is 0 Å². The Bertz CT molecular complexity index is 566. The van der Waals surface area contributed by atoms with E-state index in [-0.39, 0.29) is 11.8 Å². The molecule has 124 valence electrons. The van der Waals surface area contributed by atoms with Crippen LogP contribution >= 0.6 is 11.6 Å². The molecule has 1 heterocycles. The van der Waals surface area contributed by atoms with E-state index in [4.69, 9.17) is 11.6 Å². The third-order valence-corrected chi connectivity index (χ3v) is 5.88. The summed E-state index contributed by atoms with van der Waals surface area (Å²) in [6.07, 6.45) is 2.39. The summed E-state index contributed by atoms with van der Waals surface area (Å²) in [6, 6.07) is 7.15. The number of sulfonamides is 1. The Morgan fingerprint density at radius 1 is 1.27 bits per heavy atom. The molecule has 0 aliphatic carbocycles. The fourth-order valence-electron chi connectivity index (χ4n) is 2.70. The summed E-state index contributed by atoms with van der Waals surface area (Å²) < 4.78 is 27.1. The van der Waals surface area contributed by atoms with Crippen LogP contribution in [0, 0.1) is 5.92 Å². The number of nitrogens with one attached hydrogen (secondary N) is 1. The maximum Gasteiger partial charge on any atom is 0.215 e. The molecule has 1 N–H and O–H groups in total. The van der Waals surface area contributed by atoms with Gasteiger partial charge in [0.05, 0.1) is 5.75 Å². The SMILES string of the molecule is CC1CCN(C(C)CNS(=O)(=O)Cc2ccc(Cl)cc2)CC1. The van der Waals surface area contributed by atoms with Gasteiger partial charge in [-0.3, -0.25) is 4.90 Å². The Morgan fingerprint density at radius 3 is 2.45 bits per heavy atom. The lowest BCUT2D eigenvalue weighted by Gasteiger charge is -2.34. The highest BCUT2D eigenvalue weighted by Crippen LogP contribution is 2.18. The monoisotopic (exact) mass is 344 g/mol. The first-order chi connectivity index (χ1) is 10.4. The number of benzene rings is 1. The molecule has 1 saturated heterocycles. The van der Waals surface area contributed by atoms with Crippen molar-refractivity contribution < 1.29 is 8.42 Å². The molecule has 1 fully saturated rings. The second-order valence-corrected chi connectivity index (χ2v) is 8.54. The average molecular weight is 345 g/mol. The van der Waals surface area contributed by atoms with Crippen molar-refractivity contribution in [3.8, 4) is 0 Å². The molecule has 0 amide bonds. The van der Waals surface area contributed by atoms with Crippen LogP contribution in [0.15, 0.2) is 24.3 Å². The predicted octanol–water partition coefficient (Wildman–Crippen LogP) is 2.88. The van der Waals surface area contributed by atoms with Crippen molar-refractivity contribution in [2.75, 3.05) is 19.6 Å². The quantitative estimate of drug-likeness (QED) is 0.863. The third-order valence-electron chi connectivity index (χ3n) is 4.31. The molecule has 1 aliphatic rings. The molecule has 1 aromatic carbocycles. The normalized spacial score (nSPS) is 19.2. The Hall–Kier alpha value is -0.620. The van der Waals surface area contributed by atoms with Crippen LogP contribution in [-0.2, 0) is 15.8 Å². The molecule has 0 bridgehead atoms. The highest BCUT2D eigenvalue weighted by atomic mass is 35.5. The Labute approximate surface area is 138 Å². The Balaban J connectivity index is 1.82. The Morgan fingerprint density at radius 2 is 1.86 bits per heavy atom. The van der Waals surface area contributed by atoms with Crippen molar-refractivity contribution in [1.29, 1.82) is 0 Å². The first-order valence-corrected chi connectivity index (χ1v) is 9.84. The number of rotatable bonds is 6. The Kier molecular flexibility index (Phi) is 6.26. The number of halogens is 1. The van der Waals surface area contributed by atoms with Crippen molar-refractivity contribution >= 4 is 21.6 Å². The maximum absolute atomic E-state index is 12.2. The summed E-state index contributed by atoms with van der Waals surface area (Å²) in [4.78, 5) is 2.37. The fraction of sp³-hybridized carbons (Fsp3) is 0.625. The number of hydrogen-bond donors (Lipinski definition) is 1. The van der Waals surface area contributed by atoms with Gasteiger partial charge in [0.1, 0.15) is 0 Å². The van der Waals surface area contributed by atoms with Gasteiger partial charge in [-0.2, -0.15) is 0 Å². The molecule has 0 spiro atoms. The average Bonchev–Trinajstić information content (AvgIpc) is 2.48. The van der Waals surface area contributed by atoms with Crippen molar-refractivity contribution in [2.45, 2.75) is 38.5 Å². The first kappa shape index (κ1) is 17.7. The maximum atomic E-state index is 12.2. The standard InChI is InChI=1S/C16H25ClN2O2S/c1-13-7-9-19(10-8-13)14(2)11-18-22(20,21)12-15-3-5-16(17)6-4-15/h3-6,13-14,18H,7-12H2,1-2H3. The molecule has 1 aromatic rings. The van der Waals surface area contributed by atoms with Gasteiger partial charge in [-0.15, -0.1) is 0 Å². The first-order valence-electron chi connectivity index (χ1n) is 7.81. The number of piperidine rings is 1. The number of hydrogen-bond acceptors (Lipinski definition) is 3. The lowest BCUT2D eigenvalue weighted by molar-refractivity contribution is 0.148. The third kappa shape index (κ3) is 5.54. The van der Waals surface area contributed by atoms with Crippen LogP contribution in [0.2, 0.25) is 5.02 Å². The zero-order valence-corrected chi connectivity index (χ0v) is 14.8. The lowest BCUT2D eigenvalue weighted by atomic mass is 9.98. The van der Waals surface area contributed by atoms with Gasteiger partial charge in [0.25, 0.3) is 0 Å². The second-order valence-electron chi connectivity index (χ2n) is 6.30. The van der Waals surface area contributed by atoms with E-state index in [2.05, 4.69) is 23.5 Å². The molecule has 6 heteroatoms. The lowest BCUT2D eigenvalue weighted by Crippen LogP contribution is -2.45. The van der Waals surface area contributed by atoms with Crippen molar-refractivity contribution in [1.82, 2.24) is 9.62 Å². The van der Waals surface area contributed by atoms with E-state index in [0.717, 1.165) is 24.6 Å². The minimum Gasteiger partial charge on any atom is -0.299 e. The van der Waals surface area contributed by atoms with E-state index in [9.17, 15) is 8.42 Å². The van der Waals surface area contributed by atoms with Gasteiger partial charge in [-0.1, -0.05) is 30.7 Å². The van der Waals surface area contributed by atoms with Crippen LogP contribution in [0.4, 0.5) is 0 Å². The zero-order valence-electron chi connectivity index (χ0n) is 13.3. The van der Waals surface area contributed by atoms with Gasteiger partial charge < -0.3 is 0 Å². The zero-order chi connectivity index (χ0) is 16.2. The summed E-state index contributed by atoms with van der Waals surface area (Å²) in [5, 5.41) is 0.613. The van der Waals surface area contributed by atoms with E-state index < -0.39 is 10.0 Å². The molecule has 2 rings (SSSR count). The van der Waals surface area contributed by atoms with E-state index >= 15 is 0 Å². The fourth-order valence-corrected chi connectivity index (χ4v) is 4.05. The van der Waals surface area contributed by atoms with Crippen LogP contribution in [0.3, 0.4) is 0 Å². The van der Waals surface area contributed by atoms with Crippen molar-refractivity contribution in [3.63, 3.8) is 0 Å². The number of likely N-dealkylation sites (tertiary alicyclic amines) is 1. The molecule has 0 aromatic heterocycles. The van der Waals surface area contributed by atoms with Gasteiger partial charge in [0, 0.05) is 17.6 Å². The molecule has 22 heavy (non-hydrogen) atoms. The van der Waals surface area contributed by atoms with Crippen molar-refractivity contribution in [3.05, 3.63) is 34.9 Å². The van der Waals surface area contributed by atoms with E-state index in [1.54, 1.807) is 24.3 Å². The summed E-state index contributed by atoms with van der Waals surface area (Å²) >= 11 is 5.81. The number of nitrogens with zero attached hydrogens (tertiary/aromatic N) is 1. The van der Waals surface area contributed by atoms with Crippen LogP contribution < -0.4 is 4.72 Å².